The first kappa shape index (κ1) is 19.1. The molecule has 152 valence electrons. The van der Waals surface area contributed by atoms with Crippen molar-refractivity contribution in [3.05, 3.63) is 76.9 Å². The van der Waals surface area contributed by atoms with E-state index in [0.29, 0.717) is 13.1 Å². The van der Waals surface area contributed by atoms with Gasteiger partial charge in [0.25, 0.3) is 0 Å². The normalized spacial score (nSPS) is 16.8. The lowest BCUT2D eigenvalue weighted by Gasteiger charge is -2.33. The minimum absolute atomic E-state index is 0.0332. The van der Waals surface area contributed by atoms with Gasteiger partial charge < -0.3 is 14.6 Å². The number of amides is 1. The third-order valence-corrected chi connectivity index (χ3v) is 6.29. The fourth-order valence-corrected chi connectivity index (χ4v) is 4.75. The van der Waals surface area contributed by atoms with Crippen molar-refractivity contribution < 1.29 is 4.79 Å². The molecule has 2 aromatic heterocycles. The number of halogens is 1. The van der Waals surface area contributed by atoms with Crippen molar-refractivity contribution in [2.24, 2.45) is 5.92 Å². The maximum absolute atomic E-state index is 12.9. The fourth-order valence-electron chi connectivity index (χ4n) is 4.30. The summed E-state index contributed by atoms with van der Waals surface area (Å²) in [5.74, 6) is 1.05. The van der Waals surface area contributed by atoms with E-state index in [4.69, 9.17) is 4.98 Å². The van der Waals surface area contributed by atoms with Crippen LogP contribution in [-0.4, -0.2) is 28.4 Å². The van der Waals surface area contributed by atoms with Gasteiger partial charge in [0.2, 0.25) is 5.91 Å². The van der Waals surface area contributed by atoms with E-state index in [1.54, 1.807) is 0 Å². The number of rotatable bonds is 4. The first-order chi connectivity index (χ1) is 14.7. The minimum atomic E-state index is -0.0332. The summed E-state index contributed by atoms with van der Waals surface area (Å²) in [7, 11) is 0. The lowest BCUT2D eigenvalue weighted by atomic mass is 9.97. The number of fused-ring (bicyclic) bond motifs is 3. The number of nitrogens with one attached hydrogen (secondary N) is 1. The van der Waals surface area contributed by atoms with Gasteiger partial charge in [-0.3, -0.25) is 4.79 Å². The zero-order valence-corrected chi connectivity index (χ0v) is 18.2. The van der Waals surface area contributed by atoms with E-state index in [9.17, 15) is 4.79 Å². The highest BCUT2D eigenvalue weighted by atomic mass is 79.9. The van der Waals surface area contributed by atoms with Gasteiger partial charge in [-0.25, -0.2) is 4.98 Å². The van der Waals surface area contributed by atoms with E-state index in [0.717, 1.165) is 51.8 Å². The van der Waals surface area contributed by atoms with Crippen LogP contribution in [0.15, 0.2) is 71.3 Å². The first-order valence-electron chi connectivity index (χ1n) is 10.3. The second-order valence-corrected chi connectivity index (χ2v) is 8.74. The number of para-hydroxylation sites is 2. The number of hydrogen-bond donors (Lipinski definition) is 1. The zero-order valence-electron chi connectivity index (χ0n) is 16.6. The van der Waals surface area contributed by atoms with Gasteiger partial charge in [0.05, 0.1) is 22.5 Å². The molecule has 5 rings (SSSR count). The van der Waals surface area contributed by atoms with Crippen LogP contribution in [0.1, 0.15) is 18.4 Å². The standard InChI is InChI=1S/C24H23BrN4O/c25-19-8-3-6-17(14-19)15-26-24(30)18-7-4-12-28(16-18)23-22-11-5-13-29(22)21-10-2-1-9-20(21)27-23/h1-3,5-6,8-11,13-14,18H,4,7,12,15-16H2,(H,26,30)/t18-/m0/s1. The molecule has 0 spiro atoms. The Bertz CT molecular complexity index is 1220. The van der Waals surface area contributed by atoms with Crippen molar-refractivity contribution in [3.8, 4) is 0 Å². The van der Waals surface area contributed by atoms with Crippen LogP contribution in [0.4, 0.5) is 5.82 Å². The van der Waals surface area contributed by atoms with Gasteiger partial charge in [0.1, 0.15) is 0 Å². The maximum Gasteiger partial charge on any atom is 0.225 e. The summed E-state index contributed by atoms with van der Waals surface area (Å²) in [6.07, 6.45) is 3.97. The van der Waals surface area contributed by atoms with E-state index in [1.165, 1.54) is 0 Å². The molecular formula is C24H23BrN4O. The van der Waals surface area contributed by atoms with Gasteiger partial charge in [0.15, 0.2) is 5.82 Å². The molecule has 0 unspecified atom stereocenters. The number of aromatic nitrogens is 2. The van der Waals surface area contributed by atoms with E-state index in [1.807, 2.05) is 42.5 Å². The number of piperidine rings is 1. The Labute approximate surface area is 183 Å². The van der Waals surface area contributed by atoms with Crippen LogP contribution < -0.4 is 10.2 Å². The molecule has 0 saturated carbocycles. The Morgan fingerprint density at radius 1 is 1.10 bits per heavy atom. The molecule has 1 aliphatic heterocycles. The SMILES string of the molecule is O=C(NCc1cccc(Br)c1)[C@H]1CCCN(c2nc3ccccc3n3cccc23)C1. The van der Waals surface area contributed by atoms with Crippen molar-refractivity contribution in [2.75, 3.05) is 18.0 Å². The third-order valence-electron chi connectivity index (χ3n) is 5.79. The van der Waals surface area contributed by atoms with Crippen molar-refractivity contribution in [2.45, 2.75) is 19.4 Å². The van der Waals surface area contributed by atoms with Crippen LogP contribution >= 0.6 is 15.9 Å². The minimum Gasteiger partial charge on any atom is -0.354 e. The summed E-state index contributed by atoms with van der Waals surface area (Å²) in [6, 6.07) is 20.4. The monoisotopic (exact) mass is 462 g/mol. The number of carbonyl (C=O) groups is 1. The van der Waals surface area contributed by atoms with Crippen LogP contribution in [0.25, 0.3) is 16.6 Å². The molecular weight excluding hydrogens is 440 g/mol. The quantitative estimate of drug-likeness (QED) is 0.474. The molecule has 4 aromatic rings. The third kappa shape index (κ3) is 3.67. The summed E-state index contributed by atoms with van der Waals surface area (Å²) in [5.41, 5.74) is 4.25. The molecule has 0 aliphatic carbocycles. The van der Waals surface area contributed by atoms with Gasteiger partial charge in [-0.2, -0.15) is 0 Å². The van der Waals surface area contributed by atoms with Gasteiger partial charge in [-0.1, -0.05) is 40.2 Å². The predicted octanol–water partition coefficient (Wildman–Crippen LogP) is 4.78. The van der Waals surface area contributed by atoms with Crippen molar-refractivity contribution >= 4 is 44.2 Å². The fraction of sp³-hybridized carbons (Fsp3) is 0.250. The Morgan fingerprint density at radius 3 is 2.87 bits per heavy atom. The molecule has 1 N–H and O–H groups in total. The topological polar surface area (TPSA) is 49.6 Å². The van der Waals surface area contributed by atoms with Gasteiger partial charge in [-0.15, -0.1) is 0 Å². The summed E-state index contributed by atoms with van der Waals surface area (Å²) in [5, 5.41) is 3.12. The van der Waals surface area contributed by atoms with Crippen molar-refractivity contribution in [1.29, 1.82) is 0 Å². The number of benzene rings is 2. The summed E-state index contributed by atoms with van der Waals surface area (Å²) < 4.78 is 3.21. The zero-order chi connectivity index (χ0) is 20.5. The number of carbonyl (C=O) groups excluding carboxylic acids is 1. The molecule has 1 atom stereocenters. The number of anilines is 1. The van der Waals surface area contributed by atoms with E-state index in [2.05, 4.69) is 54.9 Å². The van der Waals surface area contributed by atoms with Crippen LogP contribution in [0, 0.1) is 5.92 Å². The molecule has 6 heteroatoms. The van der Waals surface area contributed by atoms with Gasteiger partial charge in [0, 0.05) is 30.3 Å². The molecule has 1 aliphatic rings. The Morgan fingerprint density at radius 2 is 1.97 bits per heavy atom. The predicted molar refractivity (Wildman–Crippen MR) is 124 cm³/mol. The lowest BCUT2D eigenvalue weighted by Crippen LogP contribution is -2.43. The number of nitrogens with zero attached hydrogens (tertiary/aromatic N) is 3. The molecule has 0 bridgehead atoms. The molecule has 1 saturated heterocycles. The highest BCUT2D eigenvalue weighted by Gasteiger charge is 2.27. The van der Waals surface area contributed by atoms with Gasteiger partial charge in [-0.05, 0) is 54.8 Å². The summed E-state index contributed by atoms with van der Waals surface area (Å²) >= 11 is 3.48. The highest BCUT2D eigenvalue weighted by Crippen LogP contribution is 2.29. The largest absolute Gasteiger partial charge is 0.354 e. The Balaban J connectivity index is 1.36. The highest BCUT2D eigenvalue weighted by molar-refractivity contribution is 9.10. The molecule has 2 aromatic carbocycles. The van der Waals surface area contributed by atoms with Crippen LogP contribution in [0.3, 0.4) is 0 Å². The molecule has 0 radical (unpaired) electrons. The second-order valence-electron chi connectivity index (χ2n) is 7.82. The van der Waals surface area contributed by atoms with Crippen LogP contribution in [0.5, 0.6) is 0 Å². The smallest absolute Gasteiger partial charge is 0.225 e. The van der Waals surface area contributed by atoms with Crippen LogP contribution in [-0.2, 0) is 11.3 Å². The summed E-state index contributed by atoms with van der Waals surface area (Å²) in [4.78, 5) is 20.1. The molecule has 3 heterocycles. The Kier molecular flexibility index (Phi) is 5.17. The van der Waals surface area contributed by atoms with Crippen molar-refractivity contribution in [3.63, 3.8) is 0 Å². The lowest BCUT2D eigenvalue weighted by molar-refractivity contribution is -0.125. The molecule has 30 heavy (non-hydrogen) atoms. The summed E-state index contributed by atoms with van der Waals surface area (Å²) in [6.45, 7) is 2.16. The Hall–Kier alpha value is -2.86. The second kappa shape index (κ2) is 8.11. The number of hydrogen-bond acceptors (Lipinski definition) is 3. The molecule has 1 fully saturated rings. The van der Waals surface area contributed by atoms with Crippen LogP contribution in [0.2, 0.25) is 0 Å². The molecule has 1 amide bonds. The maximum atomic E-state index is 12.9. The van der Waals surface area contributed by atoms with Crippen molar-refractivity contribution in [1.82, 2.24) is 14.7 Å². The van der Waals surface area contributed by atoms with E-state index >= 15 is 0 Å². The average Bonchev–Trinajstić information content (AvgIpc) is 3.27. The van der Waals surface area contributed by atoms with Gasteiger partial charge >= 0.3 is 0 Å². The van der Waals surface area contributed by atoms with E-state index in [-0.39, 0.29) is 11.8 Å². The average molecular weight is 463 g/mol. The molecule has 5 nitrogen and oxygen atoms in total. The van der Waals surface area contributed by atoms with E-state index < -0.39 is 0 Å². The first-order valence-corrected chi connectivity index (χ1v) is 11.1.